The van der Waals surface area contributed by atoms with E-state index in [4.69, 9.17) is 21.3 Å². The van der Waals surface area contributed by atoms with Crippen LogP contribution in [0.2, 0.25) is 5.02 Å². The molecular weight excluding hydrogens is 364 g/mol. The van der Waals surface area contributed by atoms with E-state index in [1.54, 1.807) is 6.07 Å². The molecule has 2 unspecified atom stereocenters. The van der Waals surface area contributed by atoms with E-state index in [1.807, 2.05) is 41.0 Å². The predicted molar refractivity (Wildman–Crippen MR) is 103 cm³/mol. The molecule has 6 heteroatoms. The quantitative estimate of drug-likeness (QED) is 0.735. The van der Waals surface area contributed by atoms with Gasteiger partial charge in [-0.25, -0.2) is 4.98 Å². The van der Waals surface area contributed by atoms with Crippen LogP contribution in [0.3, 0.4) is 0 Å². The van der Waals surface area contributed by atoms with Gasteiger partial charge in [0, 0.05) is 18.7 Å². The second-order valence-corrected chi connectivity index (χ2v) is 7.81. The van der Waals surface area contributed by atoms with E-state index in [0.717, 1.165) is 40.8 Å². The standard InChI is InChI=1S/C21H19ClN2O3/c22-15-7-3-6-14-18(15)19-23-16-8-1-2-9-17(16)24(19)12-21(14,20(25)26)11-13-5-4-10-27-13/h1-3,6-9,13H,4-5,10-12H2,(H,25,26). The summed E-state index contributed by atoms with van der Waals surface area (Å²) in [5.74, 6) is -0.106. The normalized spacial score (nSPS) is 24.0. The summed E-state index contributed by atoms with van der Waals surface area (Å²) in [6.45, 7) is 1.02. The fraction of sp³-hybridized carbons (Fsp3) is 0.333. The molecule has 0 amide bonds. The zero-order chi connectivity index (χ0) is 18.6. The lowest BCUT2D eigenvalue weighted by Gasteiger charge is -2.38. The maximum Gasteiger partial charge on any atom is 0.316 e. The fourth-order valence-electron chi connectivity index (χ4n) is 4.57. The molecular formula is C21H19ClN2O3. The van der Waals surface area contributed by atoms with Crippen LogP contribution in [-0.2, 0) is 21.5 Å². The van der Waals surface area contributed by atoms with Gasteiger partial charge in [-0.1, -0.05) is 35.9 Å². The third kappa shape index (κ3) is 2.42. The number of carboxylic acid groups (broad SMARTS) is 1. The molecule has 1 N–H and O–H groups in total. The van der Waals surface area contributed by atoms with Gasteiger partial charge in [-0.3, -0.25) is 4.79 Å². The van der Waals surface area contributed by atoms with Crippen molar-refractivity contribution in [1.82, 2.24) is 9.55 Å². The number of nitrogens with zero attached hydrogens (tertiary/aromatic N) is 2. The Hall–Kier alpha value is -2.37. The van der Waals surface area contributed by atoms with E-state index in [2.05, 4.69) is 0 Å². The first kappa shape index (κ1) is 16.8. The van der Waals surface area contributed by atoms with Gasteiger partial charge in [0.1, 0.15) is 11.2 Å². The zero-order valence-corrected chi connectivity index (χ0v) is 15.4. The third-order valence-corrected chi connectivity index (χ3v) is 6.16. The number of hydrogen-bond donors (Lipinski definition) is 1. The van der Waals surface area contributed by atoms with Gasteiger partial charge in [0.05, 0.1) is 22.2 Å². The van der Waals surface area contributed by atoms with Crippen molar-refractivity contribution in [2.75, 3.05) is 6.61 Å². The van der Waals surface area contributed by atoms with Crippen LogP contribution >= 0.6 is 11.6 Å². The molecule has 5 rings (SSSR count). The highest BCUT2D eigenvalue weighted by Gasteiger charge is 2.49. The van der Waals surface area contributed by atoms with Gasteiger partial charge >= 0.3 is 5.97 Å². The predicted octanol–water partition coefficient (Wildman–Crippen LogP) is 4.26. The van der Waals surface area contributed by atoms with Crippen LogP contribution in [0.15, 0.2) is 42.5 Å². The van der Waals surface area contributed by atoms with Crippen LogP contribution in [0.4, 0.5) is 0 Å². The Labute approximate surface area is 161 Å². The molecule has 1 fully saturated rings. The smallest absolute Gasteiger partial charge is 0.316 e. The summed E-state index contributed by atoms with van der Waals surface area (Å²) in [6.07, 6.45) is 2.25. The largest absolute Gasteiger partial charge is 0.481 e. The molecule has 1 aromatic heterocycles. The van der Waals surface area contributed by atoms with Crippen molar-refractivity contribution in [2.45, 2.75) is 37.3 Å². The van der Waals surface area contributed by atoms with E-state index < -0.39 is 11.4 Å². The van der Waals surface area contributed by atoms with Crippen molar-refractivity contribution >= 4 is 28.6 Å². The Morgan fingerprint density at radius 3 is 2.93 bits per heavy atom. The average molecular weight is 383 g/mol. The van der Waals surface area contributed by atoms with Gasteiger partial charge in [0.15, 0.2) is 0 Å². The van der Waals surface area contributed by atoms with Gasteiger partial charge in [0.2, 0.25) is 0 Å². The molecule has 5 nitrogen and oxygen atoms in total. The van der Waals surface area contributed by atoms with Crippen LogP contribution in [0.1, 0.15) is 24.8 Å². The zero-order valence-electron chi connectivity index (χ0n) is 14.7. The van der Waals surface area contributed by atoms with E-state index >= 15 is 0 Å². The number of para-hydroxylation sites is 2. The number of aromatic nitrogens is 2. The molecule has 2 aliphatic heterocycles. The lowest BCUT2D eigenvalue weighted by molar-refractivity contribution is -0.146. The molecule has 1 saturated heterocycles. The number of carboxylic acids is 1. The van der Waals surface area contributed by atoms with E-state index in [9.17, 15) is 9.90 Å². The molecule has 0 radical (unpaired) electrons. The van der Waals surface area contributed by atoms with Crippen molar-refractivity contribution in [2.24, 2.45) is 0 Å². The van der Waals surface area contributed by atoms with Gasteiger partial charge in [-0.05, 0) is 43.0 Å². The Balaban J connectivity index is 1.79. The first-order valence-electron chi connectivity index (χ1n) is 9.20. The number of aliphatic carboxylic acids is 1. The van der Waals surface area contributed by atoms with Crippen LogP contribution in [-0.4, -0.2) is 33.3 Å². The summed E-state index contributed by atoms with van der Waals surface area (Å²) in [4.78, 5) is 17.4. The molecule has 27 heavy (non-hydrogen) atoms. The summed E-state index contributed by atoms with van der Waals surface area (Å²) in [5, 5.41) is 10.9. The summed E-state index contributed by atoms with van der Waals surface area (Å²) >= 11 is 6.57. The lowest BCUT2D eigenvalue weighted by Crippen LogP contribution is -2.45. The number of ether oxygens (including phenoxy) is 1. The van der Waals surface area contributed by atoms with Crippen LogP contribution in [0.5, 0.6) is 0 Å². The summed E-state index contributed by atoms with van der Waals surface area (Å²) in [7, 11) is 0. The minimum atomic E-state index is -1.09. The minimum absolute atomic E-state index is 0.0516. The van der Waals surface area contributed by atoms with Gasteiger partial charge in [0.25, 0.3) is 0 Å². The number of fused-ring (bicyclic) bond motifs is 5. The number of benzene rings is 2. The number of imidazole rings is 1. The van der Waals surface area contributed by atoms with Crippen molar-refractivity contribution in [3.8, 4) is 11.4 Å². The van der Waals surface area contributed by atoms with Crippen LogP contribution in [0.25, 0.3) is 22.4 Å². The Morgan fingerprint density at radius 2 is 2.15 bits per heavy atom. The molecule has 2 aliphatic rings. The first-order valence-corrected chi connectivity index (χ1v) is 9.57. The first-order chi connectivity index (χ1) is 13.1. The van der Waals surface area contributed by atoms with Gasteiger partial charge in [-0.2, -0.15) is 0 Å². The maximum atomic E-state index is 12.7. The Bertz CT molecular complexity index is 1050. The number of hydrogen-bond acceptors (Lipinski definition) is 3. The van der Waals surface area contributed by atoms with Crippen molar-refractivity contribution in [3.05, 3.63) is 53.1 Å². The SMILES string of the molecule is O=C(O)C1(CC2CCCO2)Cn2c(nc3ccccc32)-c2c(Cl)cccc21. The highest BCUT2D eigenvalue weighted by Crippen LogP contribution is 2.47. The topological polar surface area (TPSA) is 64.3 Å². The Kier molecular flexibility index (Phi) is 3.78. The highest BCUT2D eigenvalue weighted by atomic mass is 35.5. The van der Waals surface area contributed by atoms with Crippen molar-refractivity contribution in [3.63, 3.8) is 0 Å². The fourth-order valence-corrected chi connectivity index (χ4v) is 4.83. The van der Waals surface area contributed by atoms with E-state index in [1.165, 1.54) is 0 Å². The molecule has 0 bridgehead atoms. The minimum Gasteiger partial charge on any atom is -0.481 e. The molecule has 138 valence electrons. The van der Waals surface area contributed by atoms with Crippen molar-refractivity contribution < 1.29 is 14.6 Å². The lowest BCUT2D eigenvalue weighted by atomic mass is 9.71. The van der Waals surface area contributed by atoms with E-state index in [0.29, 0.717) is 24.6 Å². The highest BCUT2D eigenvalue weighted by molar-refractivity contribution is 6.33. The van der Waals surface area contributed by atoms with Crippen LogP contribution in [0, 0.1) is 0 Å². The molecule has 3 aromatic rings. The monoisotopic (exact) mass is 382 g/mol. The molecule has 2 aromatic carbocycles. The molecule has 2 atom stereocenters. The van der Waals surface area contributed by atoms with Crippen LogP contribution < -0.4 is 0 Å². The summed E-state index contributed by atoms with van der Waals surface area (Å²) in [6, 6.07) is 13.3. The maximum absolute atomic E-state index is 12.7. The number of carbonyl (C=O) groups is 1. The molecule has 0 saturated carbocycles. The number of halogens is 1. The second kappa shape index (κ2) is 6.08. The summed E-state index contributed by atoms with van der Waals surface area (Å²) in [5.41, 5.74) is 2.14. The van der Waals surface area contributed by atoms with Crippen molar-refractivity contribution in [1.29, 1.82) is 0 Å². The average Bonchev–Trinajstić information content (AvgIpc) is 3.29. The molecule has 0 aliphatic carbocycles. The van der Waals surface area contributed by atoms with Gasteiger partial charge < -0.3 is 14.4 Å². The Morgan fingerprint density at radius 1 is 1.30 bits per heavy atom. The van der Waals surface area contributed by atoms with E-state index in [-0.39, 0.29) is 6.10 Å². The molecule has 3 heterocycles. The number of rotatable bonds is 3. The molecule has 0 spiro atoms. The van der Waals surface area contributed by atoms with Gasteiger partial charge in [-0.15, -0.1) is 0 Å². The summed E-state index contributed by atoms with van der Waals surface area (Å²) < 4.78 is 7.82. The second-order valence-electron chi connectivity index (χ2n) is 7.40. The third-order valence-electron chi connectivity index (χ3n) is 5.84.